The Morgan fingerprint density at radius 3 is 1.28 bits per heavy atom. The summed E-state index contributed by atoms with van der Waals surface area (Å²) in [6.07, 6.45) is 0. The van der Waals surface area contributed by atoms with Crippen molar-refractivity contribution < 1.29 is 0 Å². The van der Waals surface area contributed by atoms with Gasteiger partial charge in [-0.25, -0.2) is 0 Å². The van der Waals surface area contributed by atoms with E-state index in [0.717, 1.165) is 11.1 Å². The summed E-state index contributed by atoms with van der Waals surface area (Å²) < 4.78 is 0. The highest BCUT2D eigenvalue weighted by atomic mass is 14.0. The van der Waals surface area contributed by atoms with E-state index < -0.39 is 0 Å². The largest absolute Gasteiger partial charge is 0.0661 e. The van der Waals surface area contributed by atoms with Gasteiger partial charge in [-0.15, -0.1) is 0 Å². The summed E-state index contributed by atoms with van der Waals surface area (Å²) in [5.74, 6) is 0. The highest BCUT2D eigenvalue weighted by molar-refractivity contribution is 5.67. The van der Waals surface area contributed by atoms with Crippen molar-refractivity contribution in [1.29, 1.82) is 0 Å². The van der Waals surface area contributed by atoms with Gasteiger partial charge in [-0.2, -0.15) is 0 Å². The van der Waals surface area contributed by atoms with Crippen LogP contribution in [0, 0.1) is 0 Å². The smallest absolute Gasteiger partial charge is 0.00652 e. The SMILES string of the molecule is CC(=C=C=C(C)c1ccccc1)c1ccccc1. The van der Waals surface area contributed by atoms with E-state index in [0.29, 0.717) is 0 Å². The lowest BCUT2D eigenvalue weighted by atomic mass is 10.1. The van der Waals surface area contributed by atoms with E-state index in [2.05, 4.69) is 49.6 Å². The third-order valence-corrected chi connectivity index (χ3v) is 2.85. The summed E-state index contributed by atoms with van der Waals surface area (Å²) in [7, 11) is 0. The number of allylic oxidation sites excluding steroid dienone is 2. The molecule has 18 heavy (non-hydrogen) atoms. The van der Waals surface area contributed by atoms with Gasteiger partial charge in [0.2, 0.25) is 0 Å². The van der Waals surface area contributed by atoms with Crippen LogP contribution in [0.2, 0.25) is 0 Å². The first-order valence-electron chi connectivity index (χ1n) is 6.07. The quantitative estimate of drug-likeness (QED) is 0.643. The van der Waals surface area contributed by atoms with E-state index in [4.69, 9.17) is 0 Å². The summed E-state index contributed by atoms with van der Waals surface area (Å²) in [5, 5.41) is 0. The molecule has 0 aliphatic rings. The molecule has 0 amide bonds. The Balaban J connectivity index is 2.40. The van der Waals surface area contributed by atoms with Crippen LogP contribution in [-0.4, -0.2) is 0 Å². The number of rotatable bonds is 2. The maximum atomic E-state index is 3.23. The van der Waals surface area contributed by atoms with Gasteiger partial charge in [0.25, 0.3) is 0 Å². The molecule has 0 radical (unpaired) electrons. The Labute approximate surface area is 109 Å². The molecule has 88 valence electrons. The molecule has 0 fully saturated rings. The van der Waals surface area contributed by atoms with Gasteiger partial charge in [0, 0.05) is 11.1 Å². The second-order valence-electron chi connectivity index (χ2n) is 4.23. The Morgan fingerprint density at radius 1 is 0.611 bits per heavy atom. The van der Waals surface area contributed by atoms with E-state index in [1.165, 1.54) is 11.1 Å². The number of hydrogen-bond acceptors (Lipinski definition) is 0. The zero-order valence-electron chi connectivity index (χ0n) is 10.8. The van der Waals surface area contributed by atoms with Gasteiger partial charge < -0.3 is 0 Å². The second-order valence-corrected chi connectivity index (χ2v) is 4.23. The van der Waals surface area contributed by atoms with Crippen LogP contribution in [0.5, 0.6) is 0 Å². The Hall–Kier alpha value is -2.26. The molecule has 0 aromatic heterocycles. The fraction of sp³-hybridized carbons (Fsp3) is 0.111. The van der Waals surface area contributed by atoms with E-state index in [1.807, 2.05) is 36.4 Å². The lowest BCUT2D eigenvalue weighted by Gasteiger charge is -1.96. The summed E-state index contributed by atoms with van der Waals surface area (Å²) in [6.45, 7) is 4.11. The molecule has 0 bridgehead atoms. The maximum absolute atomic E-state index is 3.23. The van der Waals surface area contributed by atoms with Crippen LogP contribution in [0.4, 0.5) is 0 Å². The molecule has 0 aliphatic carbocycles. The van der Waals surface area contributed by atoms with Crippen LogP contribution in [-0.2, 0) is 0 Å². The molecule has 0 unspecified atom stereocenters. The van der Waals surface area contributed by atoms with Crippen molar-refractivity contribution in [2.75, 3.05) is 0 Å². The van der Waals surface area contributed by atoms with Crippen molar-refractivity contribution in [3.63, 3.8) is 0 Å². The van der Waals surface area contributed by atoms with Crippen molar-refractivity contribution >= 4 is 11.1 Å². The van der Waals surface area contributed by atoms with E-state index >= 15 is 0 Å². The first-order valence-corrected chi connectivity index (χ1v) is 6.07. The normalized spacial score (nSPS) is 9.22. The van der Waals surface area contributed by atoms with Crippen molar-refractivity contribution in [2.45, 2.75) is 13.8 Å². The molecule has 2 rings (SSSR count). The molecule has 0 atom stereocenters. The predicted octanol–water partition coefficient (Wildman–Crippen LogP) is 4.95. The van der Waals surface area contributed by atoms with Crippen LogP contribution in [0.3, 0.4) is 0 Å². The van der Waals surface area contributed by atoms with Crippen molar-refractivity contribution in [1.82, 2.24) is 0 Å². The molecular weight excluding hydrogens is 216 g/mol. The fourth-order valence-electron chi connectivity index (χ4n) is 1.71. The zero-order chi connectivity index (χ0) is 12.8. The average molecular weight is 232 g/mol. The van der Waals surface area contributed by atoms with Gasteiger partial charge in [-0.3, -0.25) is 0 Å². The minimum absolute atomic E-state index is 1.10. The lowest BCUT2D eigenvalue weighted by molar-refractivity contribution is 1.56. The van der Waals surface area contributed by atoms with Crippen LogP contribution >= 0.6 is 0 Å². The third-order valence-electron chi connectivity index (χ3n) is 2.85. The van der Waals surface area contributed by atoms with Gasteiger partial charge in [-0.1, -0.05) is 72.1 Å². The molecule has 0 nitrogen and oxygen atoms in total. The Kier molecular flexibility index (Phi) is 3.99. The summed E-state index contributed by atoms with van der Waals surface area (Å²) in [6, 6.07) is 20.5. The molecular formula is C18H16. The van der Waals surface area contributed by atoms with Gasteiger partial charge in [0.15, 0.2) is 0 Å². The molecule has 0 aliphatic heterocycles. The summed E-state index contributed by atoms with van der Waals surface area (Å²) in [5.41, 5.74) is 11.0. The third kappa shape index (κ3) is 3.12. The summed E-state index contributed by atoms with van der Waals surface area (Å²) >= 11 is 0. The van der Waals surface area contributed by atoms with Crippen molar-refractivity contribution in [2.24, 2.45) is 0 Å². The fourth-order valence-corrected chi connectivity index (χ4v) is 1.71. The molecule has 0 saturated heterocycles. The highest BCUT2D eigenvalue weighted by Crippen LogP contribution is 2.13. The molecule has 0 heteroatoms. The van der Waals surface area contributed by atoms with Gasteiger partial charge in [-0.05, 0) is 25.0 Å². The van der Waals surface area contributed by atoms with E-state index in [1.54, 1.807) is 0 Å². The Morgan fingerprint density at radius 2 is 0.944 bits per heavy atom. The van der Waals surface area contributed by atoms with Gasteiger partial charge >= 0.3 is 0 Å². The van der Waals surface area contributed by atoms with Crippen LogP contribution in [0.15, 0.2) is 72.1 Å². The Bertz CT molecular complexity index is 548. The monoisotopic (exact) mass is 232 g/mol. The van der Waals surface area contributed by atoms with E-state index in [9.17, 15) is 0 Å². The predicted molar refractivity (Wildman–Crippen MR) is 78.1 cm³/mol. The standard InChI is InChI=1S/C18H16/c1-15(17-9-5-3-6-10-17)13-14-16(2)18-11-7-4-8-12-18/h3-12H,1-2H3. The number of hydrogen-bond donors (Lipinski definition) is 0. The van der Waals surface area contributed by atoms with Gasteiger partial charge in [0.05, 0.1) is 0 Å². The molecule has 0 N–H and O–H groups in total. The van der Waals surface area contributed by atoms with Crippen molar-refractivity contribution in [3.05, 3.63) is 83.3 Å². The lowest BCUT2D eigenvalue weighted by Crippen LogP contribution is -1.76. The van der Waals surface area contributed by atoms with Crippen LogP contribution in [0.25, 0.3) is 11.1 Å². The zero-order valence-corrected chi connectivity index (χ0v) is 10.8. The van der Waals surface area contributed by atoms with Gasteiger partial charge in [0.1, 0.15) is 0 Å². The maximum Gasteiger partial charge on any atom is 0.00652 e. The number of benzene rings is 2. The molecule has 2 aromatic rings. The topological polar surface area (TPSA) is 0 Å². The minimum atomic E-state index is 1.10. The van der Waals surface area contributed by atoms with Crippen LogP contribution < -0.4 is 0 Å². The first-order chi connectivity index (χ1) is 8.77. The molecule has 0 saturated carbocycles. The molecule has 0 spiro atoms. The second kappa shape index (κ2) is 5.89. The molecule has 0 heterocycles. The minimum Gasteiger partial charge on any atom is -0.0661 e. The van der Waals surface area contributed by atoms with Crippen LogP contribution in [0.1, 0.15) is 25.0 Å². The van der Waals surface area contributed by atoms with E-state index in [-0.39, 0.29) is 0 Å². The summed E-state index contributed by atoms with van der Waals surface area (Å²) in [4.78, 5) is 0. The van der Waals surface area contributed by atoms with Crippen molar-refractivity contribution in [3.8, 4) is 0 Å². The highest BCUT2D eigenvalue weighted by Gasteiger charge is 1.92. The molecule has 2 aromatic carbocycles. The first kappa shape index (κ1) is 12.2. The average Bonchev–Trinajstić information content (AvgIpc) is 2.46.